The number of carbonyl (C=O) groups excluding carboxylic acids is 3. The molecule has 2 aromatic heterocycles. The van der Waals surface area contributed by atoms with Crippen LogP contribution in [0.4, 0.5) is 10.6 Å². The summed E-state index contributed by atoms with van der Waals surface area (Å²) in [6.45, 7) is 9.23. The minimum atomic E-state index is -0.530. The van der Waals surface area contributed by atoms with Gasteiger partial charge in [0.15, 0.2) is 11.6 Å². The number of nitrogens with zero attached hydrogens (tertiary/aromatic N) is 3. The van der Waals surface area contributed by atoms with Gasteiger partial charge in [-0.2, -0.15) is 0 Å². The number of ether oxygens (including phenoxy) is 5. The molecule has 6 rings (SSSR count). The lowest BCUT2D eigenvalue weighted by Gasteiger charge is -2.24. The van der Waals surface area contributed by atoms with Gasteiger partial charge in [-0.05, 0) is 62.7 Å². The molecule has 3 atom stereocenters. The number of amides is 2. The summed E-state index contributed by atoms with van der Waals surface area (Å²) in [6, 6.07) is 7.86. The summed E-state index contributed by atoms with van der Waals surface area (Å²) in [4.78, 5) is 47.2. The van der Waals surface area contributed by atoms with Crippen molar-refractivity contribution >= 4 is 45.5 Å². The quantitative estimate of drug-likeness (QED) is 0.0657. The summed E-state index contributed by atoms with van der Waals surface area (Å²) in [5, 5.41) is 10.4. The summed E-state index contributed by atoms with van der Waals surface area (Å²) in [7, 11) is 0. The van der Waals surface area contributed by atoms with Crippen molar-refractivity contribution in [2.45, 2.75) is 90.3 Å². The number of aryl methyl sites for hydroxylation is 2. The van der Waals surface area contributed by atoms with E-state index in [0.29, 0.717) is 71.6 Å². The Labute approximate surface area is 364 Å². The Balaban J connectivity index is 0.696. The number of Topliss-reactive ketones (excluding diaryl/α,β-unsaturated/α-hetero) is 1. The van der Waals surface area contributed by atoms with Crippen molar-refractivity contribution in [3.63, 3.8) is 0 Å². The summed E-state index contributed by atoms with van der Waals surface area (Å²) < 4.78 is 29.6. The number of para-hydroxylation sites is 1. The van der Waals surface area contributed by atoms with Gasteiger partial charge in [-0.1, -0.05) is 68.0 Å². The summed E-state index contributed by atoms with van der Waals surface area (Å²) in [5.74, 6) is 1.70. The number of nitrogen functional groups attached to an aromatic ring is 1. The zero-order valence-corrected chi connectivity index (χ0v) is 36.5. The Kier molecular flexibility index (Phi) is 18.1. The number of hydrogen-bond donors (Lipinski definition) is 4. The van der Waals surface area contributed by atoms with Crippen LogP contribution in [0, 0.1) is 5.41 Å². The number of allylic oxidation sites excluding steroid dienone is 5. The van der Waals surface area contributed by atoms with Gasteiger partial charge in [-0.25, -0.2) is 14.8 Å². The normalized spacial score (nSPS) is 21.0. The van der Waals surface area contributed by atoms with E-state index in [1.807, 2.05) is 49.4 Å². The van der Waals surface area contributed by atoms with Gasteiger partial charge in [-0.3, -0.25) is 14.9 Å². The van der Waals surface area contributed by atoms with Crippen LogP contribution < -0.4 is 21.7 Å². The third kappa shape index (κ3) is 12.4. The Morgan fingerprint density at radius 3 is 2.34 bits per heavy atom. The molecule has 0 saturated carbocycles. The largest absolute Gasteiger partial charge is 0.447 e. The molecule has 5 N–H and O–H groups in total. The van der Waals surface area contributed by atoms with Crippen LogP contribution in [0.25, 0.3) is 21.9 Å². The zero-order chi connectivity index (χ0) is 43.6. The van der Waals surface area contributed by atoms with Crippen molar-refractivity contribution in [2.24, 2.45) is 5.41 Å². The summed E-state index contributed by atoms with van der Waals surface area (Å²) in [5.41, 5.74) is 10.7. The first-order chi connectivity index (χ1) is 30.3. The van der Waals surface area contributed by atoms with Gasteiger partial charge in [0.1, 0.15) is 17.9 Å². The lowest BCUT2D eigenvalue weighted by molar-refractivity contribution is -0.124. The molecule has 336 valence electrons. The average Bonchev–Trinajstić information content (AvgIpc) is 3.86. The number of aromatic nitrogens is 3. The Bertz CT molecular complexity index is 2090. The molecule has 3 aliphatic rings. The molecule has 15 heteroatoms. The third-order valence-electron chi connectivity index (χ3n) is 11.6. The van der Waals surface area contributed by atoms with E-state index < -0.39 is 11.5 Å². The van der Waals surface area contributed by atoms with E-state index in [-0.39, 0.29) is 37.0 Å². The third-order valence-corrected chi connectivity index (χ3v) is 11.6. The number of fused-ring (bicyclic) bond motifs is 7. The van der Waals surface area contributed by atoms with Gasteiger partial charge in [-0.15, -0.1) is 0 Å². The lowest BCUT2D eigenvalue weighted by Crippen LogP contribution is -2.35. The number of hydrogen-bond acceptors (Lipinski definition) is 12. The number of pyridine rings is 1. The van der Waals surface area contributed by atoms with Crippen LogP contribution in [-0.4, -0.2) is 117 Å². The minimum Gasteiger partial charge on any atom is -0.447 e. The number of anilines is 1. The maximum Gasteiger partial charge on any atom is 0.407 e. The van der Waals surface area contributed by atoms with Crippen molar-refractivity contribution in [1.29, 1.82) is 0 Å². The molecule has 1 aromatic carbocycles. The Hall–Kier alpha value is -4.93. The standard InChI is InChI=1S/C47H65N7O8/c1-3-4-19-39-53-41-42(36-16-8-9-17-37(36)52-45(41)48)54(39)23-13-12-21-49-40(55)20-24-58-25-26-59-27-28-60-29-30-61-31-32-62-46(57)50-22-11-10-18-38-44(56)47(2)35-15-7-5-6-14-34(33-35)43(47)51-38/h5-9,14-17,33,38,43,51H,3-4,10-13,18-32H2,1-2H3,(H2,48,52)(H,49,55)(H,50,57)/b6-5-,7-5?,14-6?,15-7-,34-14+,35-15?. The second-order valence-electron chi connectivity index (χ2n) is 16.0. The highest BCUT2D eigenvalue weighted by molar-refractivity contribution is 6.06. The molecular weight excluding hydrogens is 791 g/mol. The van der Waals surface area contributed by atoms with Gasteiger partial charge in [0.05, 0.1) is 75.3 Å². The highest BCUT2D eigenvalue weighted by Crippen LogP contribution is 2.48. The van der Waals surface area contributed by atoms with E-state index in [1.165, 1.54) is 0 Å². The fraction of sp³-hybridized carbons (Fsp3) is 0.553. The van der Waals surface area contributed by atoms with E-state index in [2.05, 4.69) is 50.6 Å². The van der Waals surface area contributed by atoms with Gasteiger partial charge >= 0.3 is 6.09 Å². The first kappa shape index (κ1) is 46.6. The molecule has 1 saturated heterocycles. The van der Waals surface area contributed by atoms with Crippen LogP contribution >= 0.6 is 0 Å². The number of nitrogens with one attached hydrogen (secondary N) is 3. The summed E-state index contributed by atoms with van der Waals surface area (Å²) >= 11 is 0. The smallest absolute Gasteiger partial charge is 0.407 e. The molecule has 62 heavy (non-hydrogen) atoms. The molecule has 1 aliphatic heterocycles. The van der Waals surface area contributed by atoms with Crippen LogP contribution in [0.15, 0.2) is 71.9 Å². The first-order valence-electron chi connectivity index (χ1n) is 22.4. The predicted molar refractivity (Wildman–Crippen MR) is 240 cm³/mol. The molecule has 3 unspecified atom stereocenters. The van der Waals surface area contributed by atoms with Gasteiger partial charge in [0, 0.05) is 43.9 Å². The van der Waals surface area contributed by atoms with Crippen LogP contribution in [-0.2, 0) is 46.2 Å². The van der Waals surface area contributed by atoms with Gasteiger partial charge < -0.3 is 44.6 Å². The van der Waals surface area contributed by atoms with Crippen molar-refractivity contribution < 1.29 is 38.1 Å². The molecule has 0 radical (unpaired) electrons. The fourth-order valence-electron chi connectivity index (χ4n) is 8.29. The van der Waals surface area contributed by atoms with Crippen molar-refractivity contribution in [3.8, 4) is 0 Å². The second-order valence-corrected chi connectivity index (χ2v) is 16.0. The van der Waals surface area contributed by atoms with Crippen LogP contribution in [0.3, 0.4) is 0 Å². The molecule has 15 nitrogen and oxygen atoms in total. The predicted octanol–water partition coefficient (Wildman–Crippen LogP) is 5.67. The Morgan fingerprint density at radius 1 is 0.855 bits per heavy atom. The first-order valence-corrected chi connectivity index (χ1v) is 22.4. The highest BCUT2D eigenvalue weighted by Gasteiger charge is 2.56. The molecule has 2 amide bonds. The van der Waals surface area contributed by atoms with Crippen molar-refractivity contribution in [2.75, 3.05) is 78.3 Å². The van der Waals surface area contributed by atoms with E-state index in [0.717, 1.165) is 96.8 Å². The van der Waals surface area contributed by atoms with E-state index >= 15 is 0 Å². The number of alkyl carbamates (subject to hydrolysis) is 1. The number of rotatable bonds is 28. The van der Waals surface area contributed by atoms with Crippen molar-refractivity contribution in [3.05, 3.63) is 77.7 Å². The minimum absolute atomic E-state index is 0.00567. The highest BCUT2D eigenvalue weighted by atomic mass is 16.6. The zero-order valence-electron chi connectivity index (χ0n) is 36.5. The Morgan fingerprint density at radius 2 is 1.56 bits per heavy atom. The van der Waals surface area contributed by atoms with Crippen LogP contribution in [0.1, 0.15) is 71.0 Å². The number of nitrogens with two attached hydrogens (primary N) is 1. The lowest BCUT2D eigenvalue weighted by atomic mass is 9.76. The SMILES string of the molecule is CCCCc1nc2c(N)nc3ccccc3c2n1CCCCNC(=O)CCOCCOCCOCCOCCOC(=O)NCCCCC1NC2/C3=C/C=C\C=C/C(=C3)C2(C)C1=O. The van der Waals surface area contributed by atoms with E-state index in [9.17, 15) is 14.4 Å². The number of ketones is 1. The monoisotopic (exact) mass is 855 g/mol. The van der Waals surface area contributed by atoms with Crippen molar-refractivity contribution in [1.82, 2.24) is 30.5 Å². The second kappa shape index (κ2) is 24.1. The number of benzene rings is 1. The topological polar surface area (TPSA) is 190 Å². The molecular formula is C47H65N7O8. The summed E-state index contributed by atoms with van der Waals surface area (Å²) in [6.07, 6.45) is 19.1. The molecule has 2 bridgehead atoms. The maximum absolute atomic E-state index is 13.4. The van der Waals surface area contributed by atoms with Crippen LogP contribution in [0.2, 0.25) is 0 Å². The molecule has 0 spiro atoms. The molecule has 3 aromatic rings. The number of carbonyl (C=O) groups is 3. The van der Waals surface area contributed by atoms with E-state index in [4.69, 9.17) is 34.4 Å². The van der Waals surface area contributed by atoms with Gasteiger partial charge in [0.2, 0.25) is 5.91 Å². The number of unbranched alkanes of at least 4 members (excludes halogenated alkanes) is 3. The maximum atomic E-state index is 13.4. The molecule has 1 fully saturated rings. The average molecular weight is 856 g/mol. The van der Waals surface area contributed by atoms with Gasteiger partial charge in [0.25, 0.3) is 0 Å². The molecule has 2 aliphatic carbocycles. The fourth-order valence-corrected chi connectivity index (χ4v) is 8.29. The number of imidazole rings is 1. The van der Waals surface area contributed by atoms with Crippen LogP contribution in [0.5, 0.6) is 0 Å². The van der Waals surface area contributed by atoms with E-state index in [1.54, 1.807) is 0 Å². The molecule has 3 heterocycles.